The lowest BCUT2D eigenvalue weighted by Crippen LogP contribution is -2.38. The van der Waals surface area contributed by atoms with Crippen molar-refractivity contribution in [3.63, 3.8) is 0 Å². The summed E-state index contributed by atoms with van der Waals surface area (Å²) in [4.78, 5) is 17.7. The molecule has 1 fully saturated rings. The average Bonchev–Trinajstić information content (AvgIpc) is 2.82. The quantitative estimate of drug-likeness (QED) is 0.765. The van der Waals surface area contributed by atoms with Crippen LogP contribution < -0.4 is 5.32 Å². The van der Waals surface area contributed by atoms with Gasteiger partial charge < -0.3 is 10.2 Å². The zero-order chi connectivity index (χ0) is 10.7. The molecule has 1 N–H and O–H groups in total. The fraction of sp³-hybridized carbons (Fsp3) is 0.455. The minimum atomic E-state index is 0.0526. The highest BCUT2D eigenvalue weighted by molar-refractivity contribution is 5.93. The highest BCUT2D eigenvalue weighted by atomic mass is 16.2. The Morgan fingerprint density at radius 2 is 2.53 bits per heavy atom. The zero-order valence-corrected chi connectivity index (χ0v) is 8.81. The van der Waals surface area contributed by atoms with E-state index in [0.29, 0.717) is 11.6 Å². The van der Waals surface area contributed by atoms with E-state index < -0.39 is 0 Å². The summed E-state index contributed by atoms with van der Waals surface area (Å²) in [6.45, 7) is 1.89. The first-order chi connectivity index (χ1) is 7.29. The van der Waals surface area contributed by atoms with Crippen molar-refractivity contribution < 1.29 is 4.79 Å². The molecule has 0 saturated carbocycles. The van der Waals surface area contributed by atoms with Gasteiger partial charge in [0.05, 0.1) is 5.56 Å². The van der Waals surface area contributed by atoms with Crippen LogP contribution in [-0.2, 0) is 0 Å². The second-order valence-corrected chi connectivity index (χ2v) is 3.80. The SMILES string of the molecule is CN(C(=O)c1cccnc1)C1CCNC1. The number of pyridine rings is 1. The number of hydrogen-bond acceptors (Lipinski definition) is 3. The normalized spacial score (nSPS) is 20.2. The van der Waals surface area contributed by atoms with E-state index in [1.54, 1.807) is 29.4 Å². The molecule has 1 atom stereocenters. The maximum atomic E-state index is 12.0. The van der Waals surface area contributed by atoms with Crippen LogP contribution in [0.4, 0.5) is 0 Å². The van der Waals surface area contributed by atoms with Crippen molar-refractivity contribution in [2.75, 3.05) is 20.1 Å². The number of likely N-dealkylation sites (N-methyl/N-ethyl adjacent to an activating group) is 1. The summed E-state index contributed by atoms with van der Waals surface area (Å²) in [5, 5.41) is 3.25. The molecule has 1 aliphatic rings. The van der Waals surface area contributed by atoms with E-state index in [4.69, 9.17) is 0 Å². The van der Waals surface area contributed by atoms with E-state index >= 15 is 0 Å². The van der Waals surface area contributed by atoms with Crippen molar-refractivity contribution >= 4 is 5.91 Å². The zero-order valence-electron chi connectivity index (χ0n) is 8.81. The predicted octanol–water partition coefficient (Wildman–Crippen LogP) is 0.515. The molecule has 0 radical (unpaired) electrons. The highest BCUT2D eigenvalue weighted by Crippen LogP contribution is 2.10. The molecule has 2 rings (SSSR count). The van der Waals surface area contributed by atoms with Gasteiger partial charge in [-0.3, -0.25) is 9.78 Å². The number of carbonyl (C=O) groups is 1. The molecule has 1 aliphatic heterocycles. The third kappa shape index (κ3) is 2.15. The van der Waals surface area contributed by atoms with Crippen LogP contribution in [0.3, 0.4) is 0 Å². The monoisotopic (exact) mass is 205 g/mol. The van der Waals surface area contributed by atoms with Crippen LogP contribution in [0.2, 0.25) is 0 Å². The number of nitrogens with zero attached hydrogens (tertiary/aromatic N) is 2. The maximum absolute atomic E-state index is 12.0. The van der Waals surface area contributed by atoms with Gasteiger partial charge in [0.25, 0.3) is 5.91 Å². The molecule has 0 spiro atoms. The van der Waals surface area contributed by atoms with Crippen LogP contribution in [0.25, 0.3) is 0 Å². The molecular weight excluding hydrogens is 190 g/mol. The topological polar surface area (TPSA) is 45.2 Å². The molecule has 0 aromatic carbocycles. The Balaban J connectivity index is 2.07. The van der Waals surface area contributed by atoms with Crippen LogP contribution in [0.1, 0.15) is 16.8 Å². The Kier molecular flexibility index (Phi) is 2.97. The fourth-order valence-electron chi connectivity index (χ4n) is 1.83. The van der Waals surface area contributed by atoms with Gasteiger partial charge in [-0.2, -0.15) is 0 Å². The molecule has 2 heterocycles. The van der Waals surface area contributed by atoms with Crippen LogP contribution in [-0.4, -0.2) is 42.0 Å². The maximum Gasteiger partial charge on any atom is 0.255 e. The first-order valence-electron chi connectivity index (χ1n) is 5.17. The van der Waals surface area contributed by atoms with E-state index in [0.717, 1.165) is 19.5 Å². The first kappa shape index (κ1) is 10.1. The van der Waals surface area contributed by atoms with E-state index in [1.807, 2.05) is 7.05 Å². The standard InChI is InChI=1S/C11H15N3O/c1-14(10-4-6-13-8-10)11(15)9-3-2-5-12-7-9/h2-3,5,7,10,13H,4,6,8H2,1H3. The number of amides is 1. The minimum absolute atomic E-state index is 0.0526. The number of aromatic nitrogens is 1. The molecule has 4 heteroatoms. The van der Waals surface area contributed by atoms with E-state index in [1.165, 1.54) is 0 Å². The van der Waals surface area contributed by atoms with Gasteiger partial charge >= 0.3 is 0 Å². The summed E-state index contributed by atoms with van der Waals surface area (Å²) in [5.41, 5.74) is 0.659. The predicted molar refractivity (Wildman–Crippen MR) is 57.6 cm³/mol. The van der Waals surface area contributed by atoms with Crippen LogP contribution in [0.15, 0.2) is 24.5 Å². The average molecular weight is 205 g/mol. The smallest absolute Gasteiger partial charge is 0.255 e. The second kappa shape index (κ2) is 4.40. The van der Waals surface area contributed by atoms with Gasteiger partial charge in [-0.05, 0) is 25.1 Å². The van der Waals surface area contributed by atoms with Crippen molar-refractivity contribution in [2.45, 2.75) is 12.5 Å². The molecule has 4 nitrogen and oxygen atoms in total. The Bertz CT molecular complexity index is 333. The van der Waals surface area contributed by atoms with E-state index in [2.05, 4.69) is 10.3 Å². The van der Waals surface area contributed by atoms with Gasteiger partial charge in [0.2, 0.25) is 0 Å². The second-order valence-electron chi connectivity index (χ2n) is 3.80. The molecule has 80 valence electrons. The molecular formula is C11H15N3O. The Morgan fingerprint density at radius 3 is 3.13 bits per heavy atom. The summed E-state index contributed by atoms with van der Waals surface area (Å²) >= 11 is 0. The Hall–Kier alpha value is -1.42. The van der Waals surface area contributed by atoms with Crippen molar-refractivity contribution in [1.29, 1.82) is 0 Å². The van der Waals surface area contributed by atoms with Crippen LogP contribution >= 0.6 is 0 Å². The summed E-state index contributed by atoms with van der Waals surface area (Å²) in [6.07, 6.45) is 4.32. The molecule has 1 saturated heterocycles. The molecule has 1 unspecified atom stereocenters. The van der Waals surface area contributed by atoms with E-state index in [9.17, 15) is 4.79 Å². The van der Waals surface area contributed by atoms with Gasteiger partial charge in [0.15, 0.2) is 0 Å². The molecule has 0 aliphatic carbocycles. The lowest BCUT2D eigenvalue weighted by molar-refractivity contribution is 0.0743. The summed E-state index contributed by atoms with van der Waals surface area (Å²) in [6, 6.07) is 3.90. The fourth-order valence-corrected chi connectivity index (χ4v) is 1.83. The number of carbonyl (C=O) groups excluding carboxylic acids is 1. The number of nitrogens with one attached hydrogen (secondary N) is 1. The first-order valence-corrected chi connectivity index (χ1v) is 5.17. The summed E-state index contributed by atoms with van der Waals surface area (Å²) in [5.74, 6) is 0.0526. The van der Waals surface area contributed by atoms with Crippen molar-refractivity contribution in [1.82, 2.24) is 15.2 Å². The van der Waals surface area contributed by atoms with Crippen LogP contribution in [0, 0.1) is 0 Å². The highest BCUT2D eigenvalue weighted by Gasteiger charge is 2.23. The van der Waals surface area contributed by atoms with Crippen molar-refractivity contribution in [2.24, 2.45) is 0 Å². The van der Waals surface area contributed by atoms with Gasteiger partial charge in [-0.15, -0.1) is 0 Å². The number of rotatable bonds is 2. The van der Waals surface area contributed by atoms with Gasteiger partial charge in [-0.1, -0.05) is 0 Å². The third-order valence-corrected chi connectivity index (χ3v) is 2.81. The number of hydrogen-bond donors (Lipinski definition) is 1. The summed E-state index contributed by atoms with van der Waals surface area (Å²) in [7, 11) is 1.85. The molecule has 1 aromatic heterocycles. The minimum Gasteiger partial charge on any atom is -0.337 e. The van der Waals surface area contributed by atoms with E-state index in [-0.39, 0.29) is 5.91 Å². The summed E-state index contributed by atoms with van der Waals surface area (Å²) < 4.78 is 0. The Morgan fingerprint density at radius 1 is 1.67 bits per heavy atom. The van der Waals surface area contributed by atoms with Crippen LogP contribution in [0.5, 0.6) is 0 Å². The molecule has 1 aromatic rings. The largest absolute Gasteiger partial charge is 0.337 e. The Labute approximate surface area is 89.3 Å². The molecule has 15 heavy (non-hydrogen) atoms. The van der Waals surface area contributed by atoms with Gasteiger partial charge in [0.1, 0.15) is 0 Å². The van der Waals surface area contributed by atoms with Crippen molar-refractivity contribution in [3.05, 3.63) is 30.1 Å². The van der Waals surface area contributed by atoms with Crippen molar-refractivity contribution in [3.8, 4) is 0 Å². The molecule has 1 amide bonds. The molecule has 0 bridgehead atoms. The van der Waals surface area contributed by atoms with Gasteiger partial charge in [-0.25, -0.2) is 0 Å². The third-order valence-electron chi connectivity index (χ3n) is 2.81. The lowest BCUT2D eigenvalue weighted by atomic mass is 10.2. The van der Waals surface area contributed by atoms with Gasteiger partial charge in [0, 0.05) is 32.0 Å². The lowest BCUT2D eigenvalue weighted by Gasteiger charge is -2.23.